The highest BCUT2D eigenvalue weighted by Crippen LogP contribution is 2.18. The van der Waals surface area contributed by atoms with E-state index in [9.17, 15) is 4.39 Å². The van der Waals surface area contributed by atoms with Crippen molar-refractivity contribution in [2.75, 3.05) is 19.0 Å². The lowest BCUT2D eigenvalue weighted by Gasteiger charge is -2.02. The highest BCUT2D eigenvalue weighted by atomic mass is 32.2. The van der Waals surface area contributed by atoms with Crippen LogP contribution in [0.5, 0.6) is 0 Å². The fourth-order valence-corrected chi connectivity index (χ4v) is 1.84. The van der Waals surface area contributed by atoms with Crippen molar-refractivity contribution in [1.82, 2.24) is 0 Å². The summed E-state index contributed by atoms with van der Waals surface area (Å²) < 4.78 is 11.9. The minimum atomic E-state index is -0.272. The van der Waals surface area contributed by atoms with E-state index in [-0.39, 0.29) is 6.67 Å². The van der Waals surface area contributed by atoms with E-state index < -0.39 is 0 Å². The van der Waals surface area contributed by atoms with Crippen LogP contribution in [0.1, 0.15) is 5.56 Å². The van der Waals surface area contributed by atoms with E-state index in [1.165, 1.54) is 5.56 Å². The van der Waals surface area contributed by atoms with Crippen molar-refractivity contribution in [1.29, 1.82) is 0 Å². The molecule has 1 aromatic rings. The Morgan fingerprint density at radius 1 is 1.38 bits per heavy atom. The van der Waals surface area contributed by atoms with Crippen LogP contribution in [-0.2, 0) is 6.42 Å². The zero-order valence-corrected chi connectivity index (χ0v) is 8.32. The summed E-state index contributed by atoms with van der Waals surface area (Å²) in [6.07, 6.45) is 0.893. The molecule has 0 aliphatic heterocycles. The summed E-state index contributed by atoms with van der Waals surface area (Å²) >= 11 is 1.54. The summed E-state index contributed by atoms with van der Waals surface area (Å²) in [6, 6.07) is 8.12. The molecule has 1 aromatic carbocycles. The minimum absolute atomic E-state index is 0.272. The van der Waals surface area contributed by atoms with Gasteiger partial charge in [-0.15, -0.1) is 11.8 Å². The molecule has 0 aromatic heterocycles. The van der Waals surface area contributed by atoms with Crippen LogP contribution in [0, 0.1) is 0 Å². The molecular formula is C10H14FNS. The van der Waals surface area contributed by atoms with E-state index in [0.29, 0.717) is 12.3 Å². The van der Waals surface area contributed by atoms with Crippen molar-refractivity contribution in [2.24, 2.45) is 5.73 Å². The Morgan fingerprint density at radius 2 is 2.23 bits per heavy atom. The van der Waals surface area contributed by atoms with Gasteiger partial charge in [-0.25, -0.2) is 0 Å². The molecule has 1 nitrogen and oxygen atoms in total. The molecule has 0 bridgehead atoms. The molecule has 0 fully saturated rings. The van der Waals surface area contributed by atoms with Crippen LogP contribution in [0.2, 0.25) is 0 Å². The monoisotopic (exact) mass is 199 g/mol. The van der Waals surface area contributed by atoms with E-state index in [1.54, 1.807) is 11.8 Å². The van der Waals surface area contributed by atoms with E-state index in [2.05, 4.69) is 6.07 Å². The molecule has 3 heteroatoms. The second-order valence-electron chi connectivity index (χ2n) is 2.72. The Hall–Kier alpha value is -0.540. The summed E-state index contributed by atoms with van der Waals surface area (Å²) in [5, 5.41) is 0. The summed E-state index contributed by atoms with van der Waals surface area (Å²) in [4.78, 5) is 1.13. The highest BCUT2D eigenvalue weighted by molar-refractivity contribution is 7.99. The van der Waals surface area contributed by atoms with Crippen molar-refractivity contribution >= 4 is 11.8 Å². The van der Waals surface area contributed by atoms with E-state index >= 15 is 0 Å². The van der Waals surface area contributed by atoms with Gasteiger partial charge in [-0.2, -0.15) is 0 Å². The molecule has 13 heavy (non-hydrogen) atoms. The largest absolute Gasteiger partial charge is 0.330 e. The number of benzene rings is 1. The molecule has 72 valence electrons. The van der Waals surface area contributed by atoms with Gasteiger partial charge >= 0.3 is 0 Å². The Kier molecular flexibility index (Phi) is 4.86. The second kappa shape index (κ2) is 6.00. The lowest BCUT2D eigenvalue weighted by Crippen LogP contribution is -2.02. The van der Waals surface area contributed by atoms with Crippen LogP contribution < -0.4 is 5.73 Å². The Morgan fingerprint density at radius 3 is 2.92 bits per heavy atom. The molecule has 0 aliphatic rings. The van der Waals surface area contributed by atoms with E-state index in [4.69, 9.17) is 5.73 Å². The molecule has 0 unspecified atom stereocenters. The van der Waals surface area contributed by atoms with Gasteiger partial charge in [-0.05, 0) is 30.7 Å². The fourth-order valence-electron chi connectivity index (χ4n) is 1.11. The van der Waals surface area contributed by atoms with Crippen LogP contribution in [0.3, 0.4) is 0 Å². The predicted molar refractivity (Wildman–Crippen MR) is 55.9 cm³/mol. The number of hydrogen-bond acceptors (Lipinski definition) is 2. The predicted octanol–water partition coefficient (Wildman–Crippen LogP) is 2.25. The van der Waals surface area contributed by atoms with Crippen molar-refractivity contribution < 1.29 is 4.39 Å². The third kappa shape index (κ3) is 3.79. The maximum atomic E-state index is 11.9. The van der Waals surface area contributed by atoms with Gasteiger partial charge in [0, 0.05) is 10.6 Å². The normalized spacial score (nSPS) is 10.3. The van der Waals surface area contributed by atoms with Crippen LogP contribution in [-0.4, -0.2) is 19.0 Å². The summed E-state index contributed by atoms with van der Waals surface area (Å²) in [5.41, 5.74) is 6.67. The lowest BCUT2D eigenvalue weighted by molar-refractivity contribution is 0.533. The third-order valence-corrected chi connectivity index (χ3v) is 2.62. The zero-order valence-electron chi connectivity index (χ0n) is 7.50. The van der Waals surface area contributed by atoms with Gasteiger partial charge in [0.1, 0.15) is 0 Å². The van der Waals surface area contributed by atoms with Gasteiger partial charge in [-0.1, -0.05) is 12.1 Å². The van der Waals surface area contributed by atoms with Crippen LogP contribution in [0.25, 0.3) is 0 Å². The van der Waals surface area contributed by atoms with Gasteiger partial charge in [0.25, 0.3) is 0 Å². The molecule has 0 saturated carbocycles. The van der Waals surface area contributed by atoms with E-state index in [1.807, 2.05) is 18.2 Å². The van der Waals surface area contributed by atoms with Crippen LogP contribution in [0.4, 0.5) is 4.39 Å². The SMILES string of the molecule is NCCc1cccc(SCCF)c1. The smallest absolute Gasteiger partial charge is 0.0988 e. The number of nitrogens with two attached hydrogens (primary N) is 1. The average molecular weight is 199 g/mol. The zero-order chi connectivity index (χ0) is 9.52. The molecule has 0 aliphatic carbocycles. The maximum absolute atomic E-state index is 11.9. The number of halogens is 1. The van der Waals surface area contributed by atoms with Crippen LogP contribution >= 0.6 is 11.8 Å². The van der Waals surface area contributed by atoms with Crippen molar-refractivity contribution in [2.45, 2.75) is 11.3 Å². The standard InChI is InChI=1S/C10H14FNS/c11-5-7-13-10-3-1-2-9(8-10)4-6-12/h1-3,8H,4-7,12H2. The molecule has 0 spiro atoms. The molecule has 1 rings (SSSR count). The number of hydrogen-bond donors (Lipinski definition) is 1. The first-order chi connectivity index (χ1) is 6.36. The fraction of sp³-hybridized carbons (Fsp3) is 0.400. The third-order valence-electron chi connectivity index (χ3n) is 1.68. The van der Waals surface area contributed by atoms with Gasteiger partial charge in [0.05, 0.1) is 6.67 Å². The van der Waals surface area contributed by atoms with Crippen LogP contribution in [0.15, 0.2) is 29.2 Å². The Balaban J connectivity index is 2.56. The van der Waals surface area contributed by atoms with Crippen molar-refractivity contribution in [3.63, 3.8) is 0 Å². The first-order valence-corrected chi connectivity index (χ1v) is 5.33. The number of thioether (sulfide) groups is 1. The topological polar surface area (TPSA) is 26.0 Å². The first-order valence-electron chi connectivity index (χ1n) is 4.34. The van der Waals surface area contributed by atoms with Gasteiger partial charge < -0.3 is 5.73 Å². The van der Waals surface area contributed by atoms with Gasteiger partial charge in [-0.3, -0.25) is 4.39 Å². The summed E-state index contributed by atoms with van der Waals surface area (Å²) in [5.74, 6) is 0.534. The summed E-state index contributed by atoms with van der Waals surface area (Å²) in [7, 11) is 0. The lowest BCUT2D eigenvalue weighted by atomic mass is 10.2. The highest BCUT2D eigenvalue weighted by Gasteiger charge is 1.95. The molecule has 0 amide bonds. The quantitative estimate of drug-likeness (QED) is 0.736. The first kappa shape index (κ1) is 10.5. The molecular weight excluding hydrogens is 185 g/mol. The molecule has 0 radical (unpaired) electrons. The Bertz CT molecular complexity index is 252. The number of alkyl halides is 1. The Labute approximate surface area is 82.5 Å². The maximum Gasteiger partial charge on any atom is 0.0988 e. The molecule has 0 saturated heterocycles. The second-order valence-corrected chi connectivity index (χ2v) is 3.89. The molecule has 0 heterocycles. The van der Waals surface area contributed by atoms with E-state index in [0.717, 1.165) is 11.3 Å². The van der Waals surface area contributed by atoms with Crippen molar-refractivity contribution in [3.05, 3.63) is 29.8 Å². The number of rotatable bonds is 5. The van der Waals surface area contributed by atoms with Gasteiger partial charge in [0.2, 0.25) is 0 Å². The minimum Gasteiger partial charge on any atom is -0.330 e. The molecule has 2 N–H and O–H groups in total. The average Bonchev–Trinajstić information content (AvgIpc) is 2.16. The molecule has 0 atom stereocenters. The van der Waals surface area contributed by atoms with Crippen molar-refractivity contribution in [3.8, 4) is 0 Å². The van der Waals surface area contributed by atoms with Gasteiger partial charge in [0.15, 0.2) is 0 Å². The summed E-state index contributed by atoms with van der Waals surface area (Å²) in [6.45, 7) is 0.392.